The van der Waals surface area contributed by atoms with Gasteiger partial charge >= 0.3 is 382 Å². The van der Waals surface area contributed by atoms with Gasteiger partial charge in [0.1, 0.15) is 0 Å². The van der Waals surface area contributed by atoms with Crippen molar-refractivity contribution < 1.29 is 37.8 Å². The molecule has 9 aromatic carbocycles. The molecular formula is C65H46N6OPt. The first-order chi connectivity index (χ1) is 39.9. The third-order valence-electron chi connectivity index (χ3n) is 13.4. The van der Waals surface area contributed by atoms with Crippen LogP contribution in [0.4, 0.5) is 0 Å². The minimum atomic E-state index is -0.588. The SMILES string of the molecule is [2H]c1c([2H])c([2H])c(-c2cc(-n3c4ccccc4c4ccccc43)cc(-c3c([2H])c([2H])c([2H])c([2H])c3[2H])c2-n2[c](=[Pt])n(-c3cccc(Oc4ccc5c6cc(C#N)ccc6n(-c6cc(C(C)(C)C)ccn6)c5c4)c3)c3ccccc32)c([2H])c1[2H]. The van der Waals surface area contributed by atoms with E-state index in [2.05, 4.69) is 56.8 Å². The number of para-hydroxylation sites is 4. The van der Waals surface area contributed by atoms with Crippen LogP contribution in [0.3, 0.4) is 0 Å². The summed E-state index contributed by atoms with van der Waals surface area (Å²) < 4.78 is 107. The van der Waals surface area contributed by atoms with E-state index in [1.165, 1.54) is 0 Å². The van der Waals surface area contributed by atoms with Crippen molar-refractivity contribution in [2.24, 2.45) is 0 Å². The third-order valence-corrected chi connectivity index (χ3v) is 14.4. The van der Waals surface area contributed by atoms with Gasteiger partial charge in [-0.3, -0.25) is 0 Å². The van der Waals surface area contributed by atoms with E-state index < -0.39 is 60.4 Å². The molecular weight excluding hydrogens is 1080 g/mol. The maximum atomic E-state index is 9.92. The zero-order valence-electron chi connectivity index (χ0n) is 49.5. The fraction of sp³-hybridized carbons (Fsp3) is 0.0615. The Morgan fingerprint density at radius 2 is 1.10 bits per heavy atom. The Labute approximate surface area is 447 Å². The van der Waals surface area contributed by atoms with E-state index in [9.17, 15) is 10.7 Å². The van der Waals surface area contributed by atoms with Crippen LogP contribution in [0.25, 0.3) is 99.8 Å². The zero-order valence-corrected chi connectivity index (χ0v) is 41.8. The van der Waals surface area contributed by atoms with Crippen LogP contribution in [0.2, 0.25) is 0 Å². The number of pyridine rings is 1. The molecule has 0 fully saturated rings. The van der Waals surface area contributed by atoms with Gasteiger partial charge in [0.15, 0.2) is 0 Å². The molecule has 0 spiro atoms. The van der Waals surface area contributed by atoms with E-state index in [1.807, 2.05) is 153 Å². The predicted octanol–water partition coefficient (Wildman–Crippen LogP) is 16.4. The second-order valence-electron chi connectivity index (χ2n) is 18.8. The quantitative estimate of drug-likeness (QED) is 0.152. The van der Waals surface area contributed by atoms with Gasteiger partial charge in [0, 0.05) is 6.20 Å². The van der Waals surface area contributed by atoms with Crippen molar-refractivity contribution in [2.45, 2.75) is 26.2 Å². The van der Waals surface area contributed by atoms with Crippen molar-refractivity contribution in [1.29, 1.82) is 5.26 Å². The zero-order chi connectivity index (χ0) is 58.1. The molecule has 0 unspecified atom stereocenters. The average Bonchev–Trinajstić information content (AvgIpc) is 4.31. The van der Waals surface area contributed by atoms with Crippen LogP contribution >= 0.6 is 0 Å². The Bertz CT molecular complexity index is 4860. The summed E-state index contributed by atoms with van der Waals surface area (Å²) in [5.74, 6) is 1.73. The molecule has 0 aliphatic rings. The van der Waals surface area contributed by atoms with Crippen molar-refractivity contribution >= 4 is 54.6 Å². The van der Waals surface area contributed by atoms with Crippen molar-refractivity contribution in [1.82, 2.24) is 23.3 Å². The van der Waals surface area contributed by atoms with E-state index in [1.54, 1.807) is 18.2 Å². The first-order valence-corrected chi connectivity index (χ1v) is 24.7. The van der Waals surface area contributed by atoms with Gasteiger partial charge in [-0.05, 0) is 23.1 Å². The Balaban J connectivity index is 1.06. The summed E-state index contributed by atoms with van der Waals surface area (Å²) in [6.07, 6.45) is 1.81. The van der Waals surface area contributed by atoms with Gasteiger partial charge in [-0.15, -0.1) is 0 Å². The summed E-state index contributed by atoms with van der Waals surface area (Å²) in [7, 11) is 0. The summed E-state index contributed by atoms with van der Waals surface area (Å²) in [6, 6.07) is 46.7. The van der Waals surface area contributed by atoms with Gasteiger partial charge in [0.05, 0.1) is 11.6 Å². The molecule has 0 saturated heterocycles. The molecule has 4 heterocycles. The number of nitrogens with zero attached hydrogens (tertiary/aromatic N) is 6. The van der Waals surface area contributed by atoms with E-state index in [0.717, 1.165) is 55.0 Å². The third kappa shape index (κ3) is 7.45. The molecule has 0 amide bonds. The molecule has 352 valence electrons. The Morgan fingerprint density at radius 1 is 0.507 bits per heavy atom. The molecule has 13 aromatic rings. The topological polar surface area (TPSA) is 65.6 Å². The second-order valence-corrected chi connectivity index (χ2v) is 19.8. The van der Waals surface area contributed by atoms with Crippen LogP contribution in [-0.2, 0) is 24.8 Å². The fourth-order valence-corrected chi connectivity index (χ4v) is 11.2. The Hall–Kier alpha value is -8.82. The number of ether oxygens (including phenoxy) is 1. The van der Waals surface area contributed by atoms with Crippen molar-refractivity contribution in [3.8, 4) is 62.7 Å². The summed E-state index contributed by atoms with van der Waals surface area (Å²) in [5.41, 5.74) is 7.28. The molecule has 0 aliphatic carbocycles. The van der Waals surface area contributed by atoms with Crippen LogP contribution in [0.5, 0.6) is 11.5 Å². The van der Waals surface area contributed by atoms with Crippen molar-refractivity contribution in [3.63, 3.8) is 0 Å². The molecule has 8 heteroatoms. The molecule has 0 N–H and O–H groups in total. The number of hydrogen-bond acceptors (Lipinski definition) is 3. The number of rotatable bonds is 8. The maximum absolute atomic E-state index is 9.92. The molecule has 0 radical (unpaired) electrons. The van der Waals surface area contributed by atoms with E-state index >= 15 is 0 Å². The predicted molar refractivity (Wildman–Crippen MR) is 293 cm³/mol. The average molecular weight is 1130 g/mol. The Kier molecular flexibility index (Phi) is 8.26. The van der Waals surface area contributed by atoms with Crippen LogP contribution in [0.1, 0.15) is 45.6 Å². The molecule has 4 aromatic heterocycles. The van der Waals surface area contributed by atoms with E-state index in [-0.39, 0.29) is 33.4 Å². The molecule has 0 bridgehead atoms. The summed E-state index contributed by atoms with van der Waals surface area (Å²) in [4.78, 5) is 4.84. The van der Waals surface area contributed by atoms with Gasteiger partial charge in [-0.1, -0.05) is 20.8 Å². The number of benzene rings is 9. The Morgan fingerprint density at radius 3 is 1.74 bits per heavy atom. The van der Waals surface area contributed by atoms with Gasteiger partial charge in [0.2, 0.25) is 0 Å². The first-order valence-electron chi connectivity index (χ1n) is 28.6. The number of imidazole rings is 1. The summed E-state index contributed by atoms with van der Waals surface area (Å²) >= 11 is 2.19. The van der Waals surface area contributed by atoms with Crippen molar-refractivity contribution in [3.05, 3.63) is 239 Å². The van der Waals surface area contributed by atoms with Crippen molar-refractivity contribution in [2.75, 3.05) is 0 Å². The standard InChI is InChI=1S/C65H46N6O.Pt/c1-65(2,3)46-33-34-67-63(36-46)71-59-32-29-43(41-66)35-56(59)53-31-30-50(40-62(53)71)72-49-22-16-21-47(37-49)68-42-69(61-28-15-14-27-60(61)68)64-54(44-17-6-4-7-18-44)38-48(39-55(64)45-19-8-5-9-20-45)70-57-25-12-10-23-51(57)52-24-11-13-26-58(52)70;/h4-40H,1-3H3;/i4D,5D,6D,7D,8D,9D,17D,18D,19D,20D;. The van der Waals surface area contributed by atoms with Crippen LogP contribution in [-0.4, -0.2) is 23.3 Å². The number of fused-ring (bicyclic) bond motifs is 7. The molecule has 7 nitrogen and oxygen atoms in total. The van der Waals surface area contributed by atoms with Gasteiger partial charge in [-0.2, -0.15) is 5.26 Å². The minimum absolute atomic E-state index is 0.142. The molecule has 0 saturated carbocycles. The molecule has 0 aliphatic heterocycles. The van der Waals surface area contributed by atoms with Gasteiger partial charge in [0.25, 0.3) is 0 Å². The summed E-state index contributed by atoms with van der Waals surface area (Å²) in [5, 5.41) is 13.6. The fourth-order valence-electron chi connectivity index (χ4n) is 10.1. The van der Waals surface area contributed by atoms with E-state index in [4.69, 9.17) is 17.9 Å². The normalized spacial score (nSPS) is 13.8. The molecule has 73 heavy (non-hydrogen) atoms. The monoisotopic (exact) mass is 1130 g/mol. The van der Waals surface area contributed by atoms with Crippen LogP contribution in [0, 0.1) is 15.1 Å². The van der Waals surface area contributed by atoms with E-state index in [0.29, 0.717) is 43.3 Å². The van der Waals surface area contributed by atoms with Crippen LogP contribution in [0.15, 0.2) is 224 Å². The number of nitriles is 1. The number of hydrogen-bond donors (Lipinski definition) is 0. The van der Waals surface area contributed by atoms with Crippen LogP contribution < -0.4 is 4.74 Å². The van der Waals surface area contributed by atoms with Gasteiger partial charge < -0.3 is 0 Å². The first kappa shape index (κ1) is 34.5. The molecule has 13 rings (SSSR count). The second kappa shape index (κ2) is 17.5. The number of aromatic nitrogens is 5. The molecule has 0 atom stereocenters. The van der Waals surface area contributed by atoms with Gasteiger partial charge in [-0.25, -0.2) is 0 Å². The summed E-state index contributed by atoms with van der Waals surface area (Å²) in [6.45, 7) is 6.47.